The number of aromatic nitrogens is 2. The number of hydrogen-bond donors (Lipinski definition) is 0. The lowest BCUT2D eigenvalue weighted by Gasteiger charge is -2.04. The van der Waals surface area contributed by atoms with Crippen molar-refractivity contribution in [1.82, 2.24) is 9.97 Å². The van der Waals surface area contributed by atoms with Gasteiger partial charge in [0.05, 0.1) is 11.6 Å². The number of aryl methyl sites for hydroxylation is 1. The summed E-state index contributed by atoms with van der Waals surface area (Å²) in [6.07, 6.45) is 0. The first-order chi connectivity index (χ1) is 7.69. The first-order valence-electron chi connectivity index (χ1n) is 4.85. The highest BCUT2D eigenvalue weighted by Gasteiger charge is 2.04. The van der Waals surface area contributed by atoms with E-state index in [1.165, 1.54) is 5.56 Å². The number of halogens is 2. The molecule has 0 saturated carbocycles. The maximum atomic E-state index is 5.91. The van der Waals surface area contributed by atoms with Crippen LogP contribution in [0.15, 0.2) is 30.3 Å². The van der Waals surface area contributed by atoms with Crippen molar-refractivity contribution in [3.05, 3.63) is 46.9 Å². The molecule has 0 N–H and O–H groups in total. The van der Waals surface area contributed by atoms with Crippen LogP contribution in [0.25, 0.3) is 11.3 Å². The smallest absolute Gasteiger partial charge is 0.145 e. The van der Waals surface area contributed by atoms with Crippen molar-refractivity contribution in [3.8, 4) is 11.3 Å². The van der Waals surface area contributed by atoms with Crippen LogP contribution < -0.4 is 0 Å². The number of nitrogens with zero attached hydrogens (tertiary/aromatic N) is 2. The van der Waals surface area contributed by atoms with Gasteiger partial charge in [0.2, 0.25) is 0 Å². The minimum atomic E-state index is 0.263. The molecule has 1 aromatic heterocycles. The van der Waals surface area contributed by atoms with Crippen molar-refractivity contribution in [3.63, 3.8) is 0 Å². The van der Waals surface area contributed by atoms with Gasteiger partial charge in [0.15, 0.2) is 0 Å². The van der Waals surface area contributed by atoms with E-state index in [0.29, 0.717) is 11.0 Å². The maximum absolute atomic E-state index is 5.91. The Labute approximate surface area is 104 Å². The number of benzene rings is 1. The molecular weight excluding hydrogens is 243 g/mol. The van der Waals surface area contributed by atoms with E-state index in [9.17, 15) is 0 Å². The molecule has 0 spiro atoms. The van der Waals surface area contributed by atoms with E-state index in [1.807, 2.05) is 25.1 Å². The van der Waals surface area contributed by atoms with Crippen LogP contribution in [0.4, 0.5) is 0 Å². The lowest BCUT2D eigenvalue weighted by Crippen LogP contribution is -1.94. The van der Waals surface area contributed by atoms with Gasteiger partial charge in [-0.05, 0) is 13.0 Å². The Balaban J connectivity index is 2.51. The van der Waals surface area contributed by atoms with Crippen LogP contribution in [0.1, 0.15) is 11.4 Å². The molecule has 1 aromatic carbocycles. The molecule has 0 aliphatic carbocycles. The van der Waals surface area contributed by atoms with Gasteiger partial charge in [-0.25, -0.2) is 9.97 Å². The normalized spacial score (nSPS) is 10.4. The SMILES string of the molecule is Cc1cccc(-c2cc(Cl)nc(CCl)n2)c1. The molecule has 0 radical (unpaired) electrons. The predicted molar refractivity (Wildman–Crippen MR) is 66.8 cm³/mol. The Morgan fingerprint density at radius 3 is 2.69 bits per heavy atom. The van der Waals surface area contributed by atoms with Crippen LogP contribution in [0.2, 0.25) is 5.15 Å². The maximum Gasteiger partial charge on any atom is 0.145 e. The summed E-state index contributed by atoms with van der Waals surface area (Å²) in [6.45, 7) is 2.04. The molecule has 4 heteroatoms. The molecule has 0 amide bonds. The zero-order valence-electron chi connectivity index (χ0n) is 8.74. The molecule has 16 heavy (non-hydrogen) atoms. The summed E-state index contributed by atoms with van der Waals surface area (Å²) >= 11 is 11.6. The van der Waals surface area contributed by atoms with Crippen LogP contribution >= 0.6 is 23.2 Å². The van der Waals surface area contributed by atoms with Gasteiger partial charge in [-0.1, -0.05) is 35.4 Å². The summed E-state index contributed by atoms with van der Waals surface area (Å²) in [7, 11) is 0. The topological polar surface area (TPSA) is 25.8 Å². The van der Waals surface area contributed by atoms with E-state index >= 15 is 0 Å². The monoisotopic (exact) mass is 252 g/mol. The van der Waals surface area contributed by atoms with Crippen LogP contribution in [-0.4, -0.2) is 9.97 Å². The Kier molecular flexibility index (Phi) is 3.42. The van der Waals surface area contributed by atoms with Crippen molar-refractivity contribution in [1.29, 1.82) is 0 Å². The summed E-state index contributed by atoms with van der Waals surface area (Å²) < 4.78 is 0. The largest absolute Gasteiger partial charge is 0.231 e. The highest BCUT2D eigenvalue weighted by atomic mass is 35.5. The molecule has 2 aromatic rings. The molecule has 0 aliphatic rings. The first-order valence-corrected chi connectivity index (χ1v) is 5.77. The van der Waals surface area contributed by atoms with Gasteiger partial charge in [-0.2, -0.15) is 0 Å². The molecule has 0 fully saturated rings. The molecule has 0 aliphatic heterocycles. The number of alkyl halides is 1. The average molecular weight is 253 g/mol. The van der Waals surface area contributed by atoms with Crippen molar-refractivity contribution >= 4 is 23.2 Å². The number of rotatable bonds is 2. The zero-order chi connectivity index (χ0) is 11.5. The van der Waals surface area contributed by atoms with E-state index in [1.54, 1.807) is 6.07 Å². The second-order valence-corrected chi connectivity index (χ2v) is 4.15. The van der Waals surface area contributed by atoms with Crippen molar-refractivity contribution in [2.24, 2.45) is 0 Å². The highest BCUT2D eigenvalue weighted by Crippen LogP contribution is 2.21. The third-order valence-corrected chi connectivity index (χ3v) is 2.61. The standard InChI is InChI=1S/C12H10Cl2N2/c1-8-3-2-4-9(5-8)10-6-11(14)16-12(7-13)15-10/h2-6H,7H2,1H3. The van der Waals surface area contributed by atoms with Crippen LogP contribution in [0.3, 0.4) is 0 Å². The molecule has 82 valence electrons. The van der Waals surface area contributed by atoms with Crippen molar-refractivity contribution < 1.29 is 0 Å². The molecule has 2 rings (SSSR count). The Morgan fingerprint density at radius 1 is 1.19 bits per heavy atom. The van der Waals surface area contributed by atoms with E-state index in [-0.39, 0.29) is 5.88 Å². The van der Waals surface area contributed by atoms with Crippen LogP contribution in [-0.2, 0) is 5.88 Å². The van der Waals surface area contributed by atoms with Gasteiger partial charge in [0.25, 0.3) is 0 Å². The lowest BCUT2D eigenvalue weighted by molar-refractivity contribution is 1.03. The van der Waals surface area contributed by atoms with E-state index in [2.05, 4.69) is 16.0 Å². The summed E-state index contributed by atoms with van der Waals surface area (Å²) in [5.74, 6) is 0.810. The van der Waals surface area contributed by atoms with Gasteiger partial charge in [0.1, 0.15) is 11.0 Å². The van der Waals surface area contributed by atoms with Crippen LogP contribution in [0, 0.1) is 6.92 Å². The molecule has 1 heterocycles. The minimum Gasteiger partial charge on any atom is -0.231 e. The predicted octanol–water partition coefficient (Wildman–Crippen LogP) is 3.84. The van der Waals surface area contributed by atoms with Crippen molar-refractivity contribution in [2.45, 2.75) is 12.8 Å². The fraction of sp³-hybridized carbons (Fsp3) is 0.167. The molecule has 0 saturated heterocycles. The third kappa shape index (κ3) is 2.52. The highest BCUT2D eigenvalue weighted by molar-refractivity contribution is 6.29. The van der Waals surface area contributed by atoms with Crippen LogP contribution in [0.5, 0.6) is 0 Å². The second kappa shape index (κ2) is 4.81. The molecule has 0 unspecified atom stereocenters. The Hall–Kier alpha value is -1.12. The summed E-state index contributed by atoms with van der Waals surface area (Å²) in [5.41, 5.74) is 3.01. The summed E-state index contributed by atoms with van der Waals surface area (Å²) in [6, 6.07) is 9.81. The van der Waals surface area contributed by atoms with Gasteiger partial charge < -0.3 is 0 Å². The van der Waals surface area contributed by atoms with Gasteiger partial charge in [-0.3, -0.25) is 0 Å². The fourth-order valence-electron chi connectivity index (χ4n) is 1.48. The molecule has 2 nitrogen and oxygen atoms in total. The second-order valence-electron chi connectivity index (χ2n) is 3.50. The quantitative estimate of drug-likeness (QED) is 0.600. The summed E-state index contributed by atoms with van der Waals surface area (Å²) in [4.78, 5) is 8.36. The minimum absolute atomic E-state index is 0.263. The van der Waals surface area contributed by atoms with Gasteiger partial charge in [-0.15, -0.1) is 11.6 Å². The van der Waals surface area contributed by atoms with E-state index < -0.39 is 0 Å². The Morgan fingerprint density at radius 2 is 2.00 bits per heavy atom. The van der Waals surface area contributed by atoms with E-state index in [4.69, 9.17) is 23.2 Å². The molecule has 0 atom stereocenters. The Bertz CT molecular complexity index is 512. The van der Waals surface area contributed by atoms with Gasteiger partial charge in [0, 0.05) is 11.6 Å². The van der Waals surface area contributed by atoms with Gasteiger partial charge >= 0.3 is 0 Å². The number of hydrogen-bond acceptors (Lipinski definition) is 2. The molecular formula is C12H10Cl2N2. The third-order valence-electron chi connectivity index (χ3n) is 2.17. The average Bonchev–Trinajstić information content (AvgIpc) is 2.28. The zero-order valence-corrected chi connectivity index (χ0v) is 10.3. The van der Waals surface area contributed by atoms with E-state index in [0.717, 1.165) is 11.3 Å². The summed E-state index contributed by atoms with van der Waals surface area (Å²) in [5, 5.41) is 0.419. The molecule has 0 bridgehead atoms. The first kappa shape index (κ1) is 11.4. The fourth-order valence-corrected chi connectivity index (χ4v) is 1.80. The lowest BCUT2D eigenvalue weighted by atomic mass is 10.1. The van der Waals surface area contributed by atoms with Crippen molar-refractivity contribution in [2.75, 3.05) is 0 Å².